The van der Waals surface area contributed by atoms with Crippen LogP contribution in [0.4, 0.5) is 0 Å². The van der Waals surface area contributed by atoms with Crippen molar-refractivity contribution in [3.05, 3.63) is 58.3 Å². The Morgan fingerprint density at radius 3 is 2.47 bits per heavy atom. The second-order valence-corrected chi connectivity index (χ2v) is 9.41. The highest BCUT2D eigenvalue weighted by molar-refractivity contribution is 9.10. The van der Waals surface area contributed by atoms with Crippen LogP contribution in [0, 0.1) is 0 Å². The average molecular weight is 496 g/mol. The number of carbonyl (C=O) groups is 2. The molecule has 160 valence electrons. The molecule has 2 aromatic rings. The molecule has 0 aliphatic carbocycles. The Morgan fingerprint density at radius 2 is 1.87 bits per heavy atom. The largest absolute Gasteiger partial charge is 0.462 e. The van der Waals surface area contributed by atoms with Gasteiger partial charge in [-0.1, -0.05) is 6.07 Å². The molecule has 1 fully saturated rings. The minimum Gasteiger partial charge on any atom is -0.462 e. The van der Waals surface area contributed by atoms with Crippen molar-refractivity contribution in [2.75, 3.05) is 32.8 Å². The maximum absolute atomic E-state index is 13.0. The molecule has 0 bridgehead atoms. The van der Waals surface area contributed by atoms with E-state index in [1.54, 1.807) is 30.2 Å². The van der Waals surface area contributed by atoms with Gasteiger partial charge in [0, 0.05) is 42.5 Å². The number of ether oxygens (including phenoxy) is 1. The highest BCUT2D eigenvalue weighted by Crippen LogP contribution is 2.27. The zero-order valence-corrected chi connectivity index (χ0v) is 18.9. The van der Waals surface area contributed by atoms with Crippen molar-refractivity contribution >= 4 is 37.8 Å². The Hall–Kier alpha value is -2.30. The fourth-order valence-electron chi connectivity index (χ4n) is 3.14. The van der Waals surface area contributed by atoms with Gasteiger partial charge in [0.1, 0.15) is 0 Å². The summed E-state index contributed by atoms with van der Waals surface area (Å²) in [7, 11) is -3.77. The Bertz CT molecular complexity index is 1020. The minimum atomic E-state index is -3.77. The number of aromatic nitrogens is 1. The second kappa shape index (κ2) is 9.67. The molecule has 0 radical (unpaired) electrons. The molecular weight excluding hydrogens is 474 g/mol. The molecule has 2 heterocycles. The normalized spacial score (nSPS) is 15.1. The number of nitrogens with zero attached hydrogens (tertiary/aromatic N) is 3. The third-order valence-corrected chi connectivity index (χ3v) is 7.59. The minimum absolute atomic E-state index is 0.0730. The number of rotatable bonds is 6. The lowest BCUT2D eigenvalue weighted by Crippen LogP contribution is -2.50. The van der Waals surface area contributed by atoms with Crippen molar-refractivity contribution in [3.8, 4) is 0 Å². The van der Waals surface area contributed by atoms with Crippen LogP contribution in [-0.4, -0.2) is 67.3 Å². The van der Waals surface area contributed by atoms with Crippen LogP contribution < -0.4 is 0 Å². The van der Waals surface area contributed by atoms with E-state index in [9.17, 15) is 18.0 Å². The topological polar surface area (TPSA) is 96.9 Å². The van der Waals surface area contributed by atoms with Gasteiger partial charge in [-0.15, -0.1) is 0 Å². The van der Waals surface area contributed by atoms with E-state index in [0.717, 1.165) is 0 Å². The van der Waals surface area contributed by atoms with Gasteiger partial charge < -0.3 is 9.64 Å². The van der Waals surface area contributed by atoms with Gasteiger partial charge in [-0.05, 0) is 53.2 Å². The van der Waals surface area contributed by atoms with E-state index in [-0.39, 0.29) is 42.5 Å². The predicted octanol–water partition coefficient (Wildman–Crippen LogP) is 2.10. The molecule has 1 aliphatic heterocycles. The molecule has 1 aromatic carbocycles. The third kappa shape index (κ3) is 5.05. The summed E-state index contributed by atoms with van der Waals surface area (Å²) in [4.78, 5) is 30.2. The fourth-order valence-corrected chi connectivity index (χ4v) is 5.60. The van der Waals surface area contributed by atoms with Crippen LogP contribution >= 0.6 is 15.9 Å². The first-order chi connectivity index (χ1) is 14.3. The number of benzene rings is 1. The summed E-state index contributed by atoms with van der Waals surface area (Å²) in [5, 5.41) is 0. The molecule has 30 heavy (non-hydrogen) atoms. The lowest BCUT2D eigenvalue weighted by molar-refractivity contribution is -0.131. The molecule has 8 nitrogen and oxygen atoms in total. The van der Waals surface area contributed by atoms with E-state index < -0.39 is 16.0 Å². The van der Waals surface area contributed by atoms with Gasteiger partial charge >= 0.3 is 5.97 Å². The average Bonchev–Trinajstić information content (AvgIpc) is 2.74. The van der Waals surface area contributed by atoms with Gasteiger partial charge in [0.05, 0.1) is 23.5 Å². The van der Waals surface area contributed by atoms with E-state index in [0.29, 0.717) is 23.3 Å². The van der Waals surface area contributed by atoms with Crippen molar-refractivity contribution in [2.24, 2.45) is 0 Å². The zero-order chi connectivity index (χ0) is 21.7. The monoisotopic (exact) mass is 495 g/mol. The molecular formula is C20H22BrN3O5S. The summed E-state index contributed by atoms with van der Waals surface area (Å²) >= 11 is 3.26. The van der Waals surface area contributed by atoms with Crippen molar-refractivity contribution in [1.29, 1.82) is 0 Å². The summed E-state index contributed by atoms with van der Waals surface area (Å²) in [5.41, 5.74) is 0.954. The molecule has 1 amide bonds. The number of piperazine rings is 1. The Labute approximate surface area is 184 Å². The van der Waals surface area contributed by atoms with E-state index >= 15 is 0 Å². The predicted molar refractivity (Wildman–Crippen MR) is 113 cm³/mol. The summed E-state index contributed by atoms with van der Waals surface area (Å²) in [6.45, 7) is 2.95. The number of halogens is 1. The molecule has 0 unspecified atom stereocenters. The van der Waals surface area contributed by atoms with Gasteiger partial charge in [-0.2, -0.15) is 4.31 Å². The highest BCUT2D eigenvalue weighted by atomic mass is 79.9. The van der Waals surface area contributed by atoms with Crippen LogP contribution in [0.1, 0.15) is 23.0 Å². The van der Waals surface area contributed by atoms with Crippen LogP contribution in [0.3, 0.4) is 0 Å². The number of esters is 1. The summed E-state index contributed by atoms with van der Waals surface area (Å²) in [6, 6.07) is 9.67. The fraction of sp³-hybridized carbons (Fsp3) is 0.350. The molecule has 3 rings (SSSR count). The molecule has 0 spiro atoms. The SMILES string of the molecule is CCOC(=O)c1ccc(S(=O)(=O)N2CCN(C(=O)Cc3ccccn3)CC2)c(Br)c1. The number of amides is 1. The van der Waals surface area contributed by atoms with Crippen LogP contribution in [0.15, 0.2) is 52.0 Å². The van der Waals surface area contributed by atoms with E-state index in [1.807, 2.05) is 6.07 Å². The number of hydrogen-bond acceptors (Lipinski definition) is 6. The van der Waals surface area contributed by atoms with E-state index in [1.165, 1.54) is 22.5 Å². The van der Waals surface area contributed by atoms with Gasteiger partial charge in [-0.3, -0.25) is 9.78 Å². The number of sulfonamides is 1. The van der Waals surface area contributed by atoms with Crippen molar-refractivity contribution in [2.45, 2.75) is 18.2 Å². The van der Waals surface area contributed by atoms with Crippen LogP contribution in [0.5, 0.6) is 0 Å². The number of pyridine rings is 1. The highest BCUT2D eigenvalue weighted by Gasteiger charge is 2.31. The zero-order valence-electron chi connectivity index (χ0n) is 16.5. The summed E-state index contributed by atoms with van der Waals surface area (Å²) in [5.74, 6) is -0.590. The second-order valence-electron chi connectivity index (χ2n) is 6.65. The van der Waals surface area contributed by atoms with Gasteiger partial charge in [0.15, 0.2) is 0 Å². The van der Waals surface area contributed by atoms with Crippen LogP contribution in [0.2, 0.25) is 0 Å². The molecule has 1 saturated heterocycles. The maximum Gasteiger partial charge on any atom is 0.338 e. The van der Waals surface area contributed by atoms with Gasteiger partial charge in [0.2, 0.25) is 15.9 Å². The molecule has 0 atom stereocenters. The molecule has 0 saturated carbocycles. The Balaban J connectivity index is 1.66. The summed E-state index contributed by atoms with van der Waals surface area (Å²) in [6.07, 6.45) is 1.83. The maximum atomic E-state index is 13.0. The Morgan fingerprint density at radius 1 is 1.13 bits per heavy atom. The first kappa shape index (κ1) is 22.4. The smallest absolute Gasteiger partial charge is 0.338 e. The van der Waals surface area contributed by atoms with Crippen molar-refractivity contribution in [3.63, 3.8) is 0 Å². The quantitative estimate of drug-likeness (QED) is 0.569. The van der Waals surface area contributed by atoms with Crippen LogP contribution in [-0.2, 0) is 26.0 Å². The molecule has 0 N–H and O–H groups in total. The van der Waals surface area contributed by atoms with E-state index in [2.05, 4.69) is 20.9 Å². The lowest BCUT2D eigenvalue weighted by Gasteiger charge is -2.34. The van der Waals surface area contributed by atoms with Crippen molar-refractivity contribution in [1.82, 2.24) is 14.2 Å². The lowest BCUT2D eigenvalue weighted by atomic mass is 10.2. The van der Waals surface area contributed by atoms with Crippen LogP contribution in [0.25, 0.3) is 0 Å². The molecule has 1 aromatic heterocycles. The summed E-state index contributed by atoms with van der Waals surface area (Å²) < 4.78 is 32.7. The van der Waals surface area contributed by atoms with Gasteiger partial charge in [0.25, 0.3) is 0 Å². The van der Waals surface area contributed by atoms with E-state index in [4.69, 9.17) is 4.74 Å². The standard InChI is InChI=1S/C20H22BrN3O5S/c1-2-29-20(26)15-6-7-18(17(21)13-15)30(27,28)24-11-9-23(10-12-24)19(25)14-16-5-3-4-8-22-16/h3-8,13H,2,9-12,14H2,1H3. The van der Waals surface area contributed by atoms with Crippen molar-refractivity contribution < 1.29 is 22.7 Å². The number of carbonyl (C=O) groups excluding carboxylic acids is 2. The first-order valence-electron chi connectivity index (χ1n) is 9.47. The number of hydrogen-bond donors (Lipinski definition) is 0. The third-order valence-electron chi connectivity index (χ3n) is 4.71. The Kier molecular flexibility index (Phi) is 7.22. The van der Waals surface area contributed by atoms with Gasteiger partial charge in [-0.25, -0.2) is 13.2 Å². The molecule has 10 heteroatoms. The first-order valence-corrected chi connectivity index (χ1v) is 11.7. The molecule has 1 aliphatic rings.